The number of aromatic nitrogens is 4. The average Bonchev–Trinajstić information content (AvgIpc) is 2.73. The van der Waals surface area contributed by atoms with E-state index in [1.54, 1.807) is 30.7 Å². The highest BCUT2D eigenvalue weighted by molar-refractivity contribution is 7.98. The molecule has 1 N–H and O–H groups in total. The van der Waals surface area contributed by atoms with E-state index in [0.29, 0.717) is 31.0 Å². The number of hydrogen-bond acceptors (Lipinski definition) is 7. The van der Waals surface area contributed by atoms with Gasteiger partial charge in [0.2, 0.25) is 5.91 Å². The van der Waals surface area contributed by atoms with Gasteiger partial charge in [-0.2, -0.15) is 0 Å². The molecule has 0 radical (unpaired) electrons. The lowest BCUT2D eigenvalue weighted by Crippen LogP contribution is -2.15. The summed E-state index contributed by atoms with van der Waals surface area (Å²) in [7, 11) is 0. The monoisotopic (exact) mass is 409 g/mol. The average molecular weight is 410 g/mol. The lowest BCUT2D eigenvalue weighted by atomic mass is 10.1. The predicted molar refractivity (Wildman–Crippen MR) is 113 cm³/mol. The van der Waals surface area contributed by atoms with Crippen molar-refractivity contribution < 1.29 is 9.53 Å². The van der Waals surface area contributed by atoms with Gasteiger partial charge in [-0.25, -0.2) is 15.0 Å². The van der Waals surface area contributed by atoms with Gasteiger partial charge < -0.3 is 10.1 Å². The fraction of sp³-hybridized carbons (Fsp3) is 0.286. The molecule has 0 fully saturated rings. The van der Waals surface area contributed by atoms with Crippen molar-refractivity contribution in [2.75, 3.05) is 11.6 Å². The SMILES string of the molecule is CSc1nc(C)c(CCC(=O)Nc2ncccc2OCc2ccncc2)c(C)n1. The number of anilines is 1. The summed E-state index contributed by atoms with van der Waals surface area (Å²) in [5, 5.41) is 3.59. The number of carbonyl (C=O) groups excluding carboxylic acids is 1. The quantitative estimate of drug-likeness (QED) is 0.447. The number of carbonyl (C=O) groups is 1. The van der Waals surface area contributed by atoms with E-state index >= 15 is 0 Å². The first-order valence-electron chi connectivity index (χ1n) is 9.21. The molecule has 0 saturated heterocycles. The van der Waals surface area contributed by atoms with Crippen LogP contribution in [0.4, 0.5) is 5.82 Å². The summed E-state index contributed by atoms with van der Waals surface area (Å²) in [5.41, 5.74) is 3.82. The normalized spacial score (nSPS) is 10.6. The smallest absolute Gasteiger partial charge is 0.225 e. The molecule has 0 aliphatic rings. The number of aryl methyl sites for hydroxylation is 2. The molecule has 0 unspecified atom stereocenters. The molecule has 3 aromatic rings. The van der Waals surface area contributed by atoms with Gasteiger partial charge in [-0.3, -0.25) is 9.78 Å². The van der Waals surface area contributed by atoms with Crippen LogP contribution in [-0.2, 0) is 17.8 Å². The van der Waals surface area contributed by atoms with Crippen molar-refractivity contribution in [2.45, 2.75) is 38.5 Å². The molecule has 0 saturated carbocycles. The van der Waals surface area contributed by atoms with Crippen molar-refractivity contribution in [2.24, 2.45) is 0 Å². The molecule has 3 aromatic heterocycles. The minimum atomic E-state index is -0.134. The fourth-order valence-corrected chi connectivity index (χ4v) is 3.29. The van der Waals surface area contributed by atoms with E-state index in [2.05, 4.69) is 25.3 Å². The van der Waals surface area contributed by atoms with Gasteiger partial charge in [0, 0.05) is 36.4 Å². The minimum absolute atomic E-state index is 0.134. The summed E-state index contributed by atoms with van der Waals surface area (Å²) in [6, 6.07) is 7.31. The van der Waals surface area contributed by atoms with Crippen LogP contribution in [0.2, 0.25) is 0 Å². The maximum Gasteiger partial charge on any atom is 0.225 e. The molecule has 3 rings (SSSR count). The molecule has 29 heavy (non-hydrogen) atoms. The van der Waals surface area contributed by atoms with Crippen LogP contribution in [0.1, 0.15) is 28.9 Å². The van der Waals surface area contributed by atoms with E-state index in [-0.39, 0.29) is 5.91 Å². The van der Waals surface area contributed by atoms with E-state index in [0.717, 1.165) is 27.7 Å². The van der Waals surface area contributed by atoms with Crippen LogP contribution in [-0.4, -0.2) is 32.1 Å². The Bertz CT molecular complexity index is 959. The van der Waals surface area contributed by atoms with Gasteiger partial charge >= 0.3 is 0 Å². The molecule has 8 heteroatoms. The summed E-state index contributed by atoms with van der Waals surface area (Å²) < 4.78 is 5.82. The maximum absolute atomic E-state index is 12.5. The topological polar surface area (TPSA) is 89.9 Å². The van der Waals surface area contributed by atoms with E-state index in [4.69, 9.17) is 4.74 Å². The Morgan fingerprint density at radius 2 is 1.83 bits per heavy atom. The third kappa shape index (κ3) is 5.74. The van der Waals surface area contributed by atoms with Crippen LogP contribution in [0.5, 0.6) is 5.75 Å². The largest absolute Gasteiger partial charge is 0.485 e. The van der Waals surface area contributed by atoms with Crippen molar-refractivity contribution in [1.29, 1.82) is 0 Å². The zero-order valence-electron chi connectivity index (χ0n) is 16.7. The molecule has 1 amide bonds. The first-order chi connectivity index (χ1) is 14.1. The molecule has 0 spiro atoms. The predicted octanol–water partition coefficient (Wildman–Crippen LogP) is 3.76. The second-order valence-electron chi connectivity index (χ2n) is 6.40. The molecule has 7 nitrogen and oxygen atoms in total. The molecular formula is C21H23N5O2S. The van der Waals surface area contributed by atoms with E-state index in [9.17, 15) is 4.79 Å². The Balaban J connectivity index is 1.61. The van der Waals surface area contributed by atoms with E-state index in [1.165, 1.54) is 11.8 Å². The third-order valence-corrected chi connectivity index (χ3v) is 4.90. The van der Waals surface area contributed by atoms with Gasteiger partial charge in [-0.1, -0.05) is 11.8 Å². The second kappa shape index (κ2) is 9.97. The molecule has 0 aliphatic carbocycles. The van der Waals surface area contributed by atoms with Crippen molar-refractivity contribution >= 4 is 23.5 Å². The summed E-state index contributed by atoms with van der Waals surface area (Å²) in [6.45, 7) is 4.27. The van der Waals surface area contributed by atoms with E-state index in [1.807, 2.05) is 32.2 Å². The zero-order chi connectivity index (χ0) is 20.6. The molecule has 3 heterocycles. The first kappa shape index (κ1) is 20.7. The Labute approximate surface area is 174 Å². The van der Waals surface area contributed by atoms with Gasteiger partial charge in [-0.05, 0) is 61.9 Å². The summed E-state index contributed by atoms with van der Waals surface area (Å²) in [5.74, 6) is 0.803. The molecule has 0 aromatic carbocycles. The number of rotatable bonds is 8. The number of ether oxygens (including phenoxy) is 1. The van der Waals surface area contributed by atoms with Crippen LogP contribution in [0.25, 0.3) is 0 Å². The zero-order valence-corrected chi connectivity index (χ0v) is 17.5. The van der Waals surface area contributed by atoms with Crippen molar-refractivity contribution in [3.63, 3.8) is 0 Å². The van der Waals surface area contributed by atoms with E-state index < -0.39 is 0 Å². The van der Waals surface area contributed by atoms with Crippen LogP contribution in [0.3, 0.4) is 0 Å². The minimum Gasteiger partial charge on any atom is -0.485 e. The lowest BCUT2D eigenvalue weighted by molar-refractivity contribution is -0.116. The molecular weight excluding hydrogens is 386 g/mol. The van der Waals surface area contributed by atoms with Crippen LogP contribution >= 0.6 is 11.8 Å². The first-order valence-corrected chi connectivity index (χ1v) is 10.4. The molecule has 0 atom stereocenters. The Morgan fingerprint density at radius 1 is 1.10 bits per heavy atom. The van der Waals surface area contributed by atoms with Crippen LogP contribution < -0.4 is 10.1 Å². The Kier molecular flexibility index (Phi) is 7.13. The Morgan fingerprint density at radius 3 is 2.52 bits per heavy atom. The summed E-state index contributed by atoms with van der Waals surface area (Å²) >= 11 is 1.51. The summed E-state index contributed by atoms with van der Waals surface area (Å²) in [4.78, 5) is 29.7. The number of nitrogens with one attached hydrogen (secondary N) is 1. The highest BCUT2D eigenvalue weighted by Gasteiger charge is 2.13. The highest BCUT2D eigenvalue weighted by atomic mass is 32.2. The number of pyridine rings is 2. The summed E-state index contributed by atoms with van der Waals surface area (Å²) in [6.07, 6.45) is 7.87. The lowest BCUT2D eigenvalue weighted by Gasteiger charge is -2.12. The van der Waals surface area contributed by atoms with Gasteiger partial charge in [0.15, 0.2) is 16.7 Å². The highest BCUT2D eigenvalue weighted by Crippen LogP contribution is 2.23. The Hall–Kier alpha value is -3.00. The second-order valence-corrected chi connectivity index (χ2v) is 7.18. The van der Waals surface area contributed by atoms with Crippen molar-refractivity contribution in [3.8, 4) is 5.75 Å². The molecule has 0 aliphatic heterocycles. The van der Waals surface area contributed by atoms with Crippen molar-refractivity contribution in [1.82, 2.24) is 19.9 Å². The fourth-order valence-electron chi connectivity index (χ4n) is 2.84. The van der Waals surface area contributed by atoms with Crippen LogP contribution in [0, 0.1) is 13.8 Å². The number of hydrogen-bond donors (Lipinski definition) is 1. The molecule has 150 valence electrons. The maximum atomic E-state index is 12.5. The number of nitrogens with zero attached hydrogens (tertiary/aromatic N) is 4. The van der Waals surface area contributed by atoms with Gasteiger partial charge in [-0.15, -0.1) is 0 Å². The molecule has 0 bridgehead atoms. The standard InChI is InChI=1S/C21H23N5O2S/c1-14-17(15(2)25-21(24-14)29-3)6-7-19(27)26-20-18(5-4-10-23-20)28-13-16-8-11-22-12-9-16/h4-5,8-12H,6-7,13H2,1-3H3,(H,23,26,27). The van der Waals surface area contributed by atoms with Gasteiger partial charge in [0.1, 0.15) is 6.61 Å². The van der Waals surface area contributed by atoms with Crippen molar-refractivity contribution in [3.05, 3.63) is 65.4 Å². The third-order valence-electron chi connectivity index (χ3n) is 4.36. The number of amides is 1. The van der Waals surface area contributed by atoms with Gasteiger partial charge in [0.05, 0.1) is 0 Å². The number of thioether (sulfide) groups is 1. The van der Waals surface area contributed by atoms with Gasteiger partial charge in [0.25, 0.3) is 0 Å². The van der Waals surface area contributed by atoms with Crippen LogP contribution in [0.15, 0.2) is 48.0 Å².